The molecule has 0 amide bonds. The fourth-order valence-electron chi connectivity index (χ4n) is 2.00. The Kier molecular flexibility index (Phi) is 5.20. The first-order chi connectivity index (χ1) is 8.43. The highest BCUT2D eigenvalue weighted by atomic mass is 16.5. The summed E-state index contributed by atoms with van der Waals surface area (Å²) in [5, 5.41) is 0. The molecule has 1 atom stereocenters. The molecule has 0 N–H and O–H groups in total. The third-order valence-corrected chi connectivity index (χ3v) is 2.81. The van der Waals surface area contributed by atoms with Crippen LogP contribution in [-0.4, -0.2) is 25.2 Å². The zero-order chi connectivity index (χ0) is 13.7. The van der Waals surface area contributed by atoms with Gasteiger partial charge in [-0.2, -0.15) is 0 Å². The summed E-state index contributed by atoms with van der Waals surface area (Å²) in [4.78, 5) is 14.1. The van der Waals surface area contributed by atoms with E-state index < -0.39 is 0 Å². The van der Waals surface area contributed by atoms with Gasteiger partial charge >= 0.3 is 5.97 Å². The molecule has 0 aromatic heterocycles. The van der Waals surface area contributed by atoms with Gasteiger partial charge in [0.1, 0.15) is 6.04 Å². The Morgan fingerprint density at radius 1 is 1.11 bits per heavy atom. The number of nitrogens with zero attached hydrogens (tertiary/aromatic N) is 1. The second kappa shape index (κ2) is 6.43. The van der Waals surface area contributed by atoms with Gasteiger partial charge < -0.3 is 9.64 Å². The number of carbonyl (C=O) groups excluding carboxylic acids is 1. The SMILES string of the molecule is CC(C)OC(=O)C(C(C)C)N(C)c1ccccc1. The van der Waals surface area contributed by atoms with Gasteiger partial charge in [-0.25, -0.2) is 4.79 Å². The summed E-state index contributed by atoms with van der Waals surface area (Å²) in [6.07, 6.45) is -0.0806. The maximum absolute atomic E-state index is 12.1. The summed E-state index contributed by atoms with van der Waals surface area (Å²) in [7, 11) is 1.93. The molecule has 0 fully saturated rings. The van der Waals surface area contributed by atoms with E-state index in [9.17, 15) is 4.79 Å². The summed E-state index contributed by atoms with van der Waals surface area (Å²) < 4.78 is 5.34. The van der Waals surface area contributed by atoms with Crippen molar-refractivity contribution >= 4 is 11.7 Å². The van der Waals surface area contributed by atoms with E-state index in [1.54, 1.807) is 0 Å². The third-order valence-electron chi connectivity index (χ3n) is 2.81. The lowest BCUT2D eigenvalue weighted by molar-refractivity contribution is -0.150. The quantitative estimate of drug-likeness (QED) is 0.751. The Morgan fingerprint density at radius 3 is 2.11 bits per heavy atom. The number of benzene rings is 1. The third kappa shape index (κ3) is 3.76. The van der Waals surface area contributed by atoms with E-state index in [2.05, 4.69) is 0 Å². The Bertz CT molecular complexity index is 373. The number of hydrogen-bond donors (Lipinski definition) is 0. The Morgan fingerprint density at radius 2 is 1.67 bits per heavy atom. The van der Waals surface area contributed by atoms with Gasteiger partial charge in [0.25, 0.3) is 0 Å². The van der Waals surface area contributed by atoms with E-state index in [1.807, 2.05) is 70.0 Å². The lowest BCUT2D eigenvalue weighted by Gasteiger charge is -2.31. The molecule has 3 heteroatoms. The molecular weight excluding hydrogens is 226 g/mol. The lowest BCUT2D eigenvalue weighted by Crippen LogP contribution is -2.44. The van der Waals surface area contributed by atoms with Crippen molar-refractivity contribution < 1.29 is 9.53 Å². The molecule has 1 rings (SSSR count). The molecule has 0 saturated carbocycles. The van der Waals surface area contributed by atoms with Crippen LogP contribution in [0.4, 0.5) is 5.69 Å². The molecule has 0 radical (unpaired) electrons. The molecule has 1 unspecified atom stereocenters. The molecule has 18 heavy (non-hydrogen) atoms. The number of hydrogen-bond acceptors (Lipinski definition) is 3. The number of carbonyl (C=O) groups is 1. The highest BCUT2D eigenvalue weighted by molar-refractivity contribution is 5.80. The number of anilines is 1. The highest BCUT2D eigenvalue weighted by Crippen LogP contribution is 2.20. The van der Waals surface area contributed by atoms with E-state index in [4.69, 9.17) is 4.74 Å². The van der Waals surface area contributed by atoms with Crippen molar-refractivity contribution in [3.05, 3.63) is 30.3 Å². The Hall–Kier alpha value is -1.51. The Balaban J connectivity index is 2.89. The molecule has 0 aliphatic rings. The van der Waals surface area contributed by atoms with Gasteiger partial charge in [0.15, 0.2) is 0 Å². The molecule has 0 bridgehead atoms. The molecule has 0 spiro atoms. The van der Waals surface area contributed by atoms with Gasteiger partial charge in [-0.05, 0) is 31.9 Å². The first kappa shape index (κ1) is 14.6. The van der Waals surface area contributed by atoms with Gasteiger partial charge in [-0.15, -0.1) is 0 Å². The molecule has 1 aromatic carbocycles. The summed E-state index contributed by atoms with van der Waals surface area (Å²) >= 11 is 0. The van der Waals surface area contributed by atoms with Crippen molar-refractivity contribution in [3.8, 4) is 0 Å². The minimum atomic E-state index is -0.255. The fraction of sp³-hybridized carbons (Fsp3) is 0.533. The standard InChI is InChI=1S/C15H23NO2/c1-11(2)14(15(17)18-12(3)4)16(5)13-9-7-6-8-10-13/h6-12,14H,1-5H3. The van der Waals surface area contributed by atoms with Gasteiger partial charge in [0, 0.05) is 12.7 Å². The molecule has 3 nitrogen and oxygen atoms in total. The first-order valence-corrected chi connectivity index (χ1v) is 6.42. The van der Waals surface area contributed by atoms with Crippen molar-refractivity contribution in [1.82, 2.24) is 0 Å². The van der Waals surface area contributed by atoms with E-state index in [-0.39, 0.29) is 24.0 Å². The molecule has 0 heterocycles. The number of rotatable bonds is 5. The monoisotopic (exact) mass is 249 g/mol. The minimum absolute atomic E-state index is 0.0806. The Labute approximate surface area is 110 Å². The second-order valence-electron chi connectivity index (χ2n) is 5.12. The van der Waals surface area contributed by atoms with E-state index in [0.29, 0.717) is 0 Å². The predicted molar refractivity (Wildman–Crippen MR) is 74.7 cm³/mol. The number of para-hydroxylation sites is 1. The average Bonchev–Trinajstić information content (AvgIpc) is 2.28. The highest BCUT2D eigenvalue weighted by Gasteiger charge is 2.28. The van der Waals surface area contributed by atoms with Crippen LogP contribution in [0, 0.1) is 5.92 Å². The number of esters is 1. The zero-order valence-electron chi connectivity index (χ0n) is 11.9. The topological polar surface area (TPSA) is 29.5 Å². The van der Waals surface area contributed by atoms with Crippen LogP contribution < -0.4 is 4.90 Å². The van der Waals surface area contributed by atoms with Crippen molar-refractivity contribution in [1.29, 1.82) is 0 Å². The van der Waals surface area contributed by atoms with Crippen molar-refractivity contribution in [3.63, 3.8) is 0 Å². The van der Waals surface area contributed by atoms with Crippen molar-refractivity contribution in [2.24, 2.45) is 5.92 Å². The zero-order valence-corrected chi connectivity index (χ0v) is 11.9. The van der Waals surface area contributed by atoms with Crippen molar-refractivity contribution in [2.45, 2.75) is 39.8 Å². The number of ether oxygens (including phenoxy) is 1. The maximum atomic E-state index is 12.1. The van der Waals surface area contributed by atoms with Crippen molar-refractivity contribution in [2.75, 3.05) is 11.9 Å². The summed E-state index contributed by atoms with van der Waals surface area (Å²) in [6.45, 7) is 7.81. The predicted octanol–water partition coefficient (Wildman–Crippen LogP) is 3.10. The molecule has 0 saturated heterocycles. The molecule has 0 aliphatic heterocycles. The molecular formula is C15H23NO2. The van der Waals surface area contributed by atoms with Gasteiger partial charge in [-0.3, -0.25) is 0 Å². The minimum Gasteiger partial charge on any atom is -0.461 e. The first-order valence-electron chi connectivity index (χ1n) is 6.42. The fourth-order valence-corrected chi connectivity index (χ4v) is 2.00. The van der Waals surface area contributed by atoms with Crippen LogP contribution in [0.3, 0.4) is 0 Å². The molecule has 100 valence electrons. The van der Waals surface area contributed by atoms with E-state index >= 15 is 0 Å². The lowest BCUT2D eigenvalue weighted by atomic mass is 10.0. The van der Waals surface area contributed by atoms with Crippen LogP contribution >= 0.6 is 0 Å². The smallest absolute Gasteiger partial charge is 0.329 e. The largest absolute Gasteiger partial charge is 0.461 e. The second-order valence-corrected chi connectivity index (χ2v) is 5.12. The van der Waals surface area contributed by atoms with Crippen LogP contribution in [-0.2, 0) is 9.53 Å². The van der Waals surface area contributed by atoms with Gasteiger partial charge in [0.05, 0.1) is 6.10 Å². The van der Waals surface area contributed by atoms with Crippen LogP contribution in [0.2, 0.25) is 0 Å². The van der Waals surface area contributed by atoms with E-state index in [1.165, 1.54) is 0 Å². The van der Waals surface area contributed by atoms with Crippen LogP contribution in [0.5, 0.6) is 0 Å². The summed E-state index contributed by atoms with van der Waals surface area (Å²) in [5.41, 5.74) is 1.02. The van der Waals surface area contributed by atoms with Gasteiger partial charge in [-0.1, -0.05) is 32.0 Å². The van der Waals surface area contributed by atoms with Gasteiger partial charge in [0.2, 0.25) is 0 Å². The van der Waals surface area contributed by atoms with Crippen LogP contribution in [0.25, 0.3) is 0 Å². The normalized spacial score (nSPS) is 12.6. The average molecular weight is 249 g/mol. The molecule has 0 aliphatic carbocycles. The van der Waals surface area contributed by atoms with Crippen LogP contribution in [0.1, 0.15) is 27.7 Å². The maximum Gasteiger partial charge on any atom is 0.329 e. The molecule has 1 aromatic rings. The van der Waals surface area contributed by atoms with E-state index in [0.717, 1.165) is 5.69 Å². The van der Waals surface area contributed by atoms with Crippen LogP contribution in [0.15, 0.2) is 30.3 Å². The number of likely N-dealkylation sites (N-methyl/N-ethyl adjacent to an activating group) is 1. The summed E-state index contributed by atoms with van der Waals surface area (Å²) in [6, 6.07) is 9.65. The summed E-state index contributed by atoms with van der Waals surface area (Å²) in [5.74, 6) is 0.0350.